The van der Waals surface area contributed by atoms with Crippen molar-refractivity contribution in [3.05, 3.63) is 59.9 Å². The standard InChI is InChI=1S/C32H40N6O4/c1-24(7-10-36-16-19-41-20-17-36)42-32-33-29-23-38(30-22-26(40)21-25-5-2-3-6-27(25)30)11-8-28(29)31(34-32)37-14-12-35(13-15-37)9-4-18-39/h2-6,9,18,21-22,24,40H,7-8,10-17,19-20,23H2,1H3/t24-/m1/s1. The number of nitrogens with zero attached hydrogens (tertiary/aromatic N) is 6. The summed E-state index contributed by atoms with van der Waals surface area (Å²) in [6.45, 7) is 11.2. The molecule has 3 aliphatic rings. The summed E-state index contributed by atoms with van der Waals surface area (Å²) in [5.41, 5.74) is 3.14. The first-order valence-corrected chi connectivity index (χ1v) is 15.0. The van der Waals surface area contributed by atoms with Crippen LogP contribution >= 0.6 is 0 Å². The van der Waals surface area contributed by atoms with Gasteiger partial charge in [-0.3, -0.25) is 9.69 Å². The summed E-state index contributed by atoms with van der Waals surface area (Å²) in [6, 6.07) is 12.3. The molecular formula is C32H40N6O4. The molecule has 0 saturated carbocycles. The molecule has 0 aliphatic carbocycles. The molecule has 3 aromatic rings. The minimum Gasteiger partial charge on any atom is -0.508 e. The van der Waals surface area contributed by atoms with Gasteiger partial charge in [-0.15, -0.1) is 0 Å². The van der Waals surface area contributed by atoms with Gasteiger partial charge in [0.1, 0.15) is 24.0 Å². The first kappa shape index (κ1) is 28.2. The second-order valence-electron chi connectivity index (χ2n) is 11.3. The Labute approximate surface area is 247 Å². The van der Waals surface area contributed by atoms with Gasteiger partial charge in [0.05, 0.1) is 25.5 Å². The van der Waals surface area contributed by atoms with Crippen molar-refractivity contribution in [2.75, 3.05) is 75.4 Å². The molecule has 0 unspecified atom stereocenters. The Morgan fingerprint density at radius 3 is 2.64 bits per heavy atom. The van der Waals surface area contributed by atoms with Gasteiger partial charge >= 0.3 is 6.01 Å². The van der Waals surface area contributed by atoms with Crippen LogP contribution in [0.3, 0.4) is 0 Å². The molecule has 10 heteroatoms. The predicted molar refractivity (Wildman–Crippen MR) is 163 cm³/mol. The van der Waals surface area contributed by atoms with E-state index in [1.54, 1.807) is 6.08 Å². The highest BCUT2D eigenvalue weighted by Crippen LogP contribution is 2.36. The average Bonchev–Trinajstić information content (AvgIpc) is 3.02. The van der Waals surface area contributed by atoms with Crippen molar-refractivity contribution in [1.29, 1.82) is 0 Å². The monoisotopic (exact) mass is 572 g/mol. The quantitative estimate of drug-likeness (QED) is 0.304. The number of ether oxygens (including phenoxy) is 2. The van der Waals surface area contributed by atoms with Crippen molar-refractivity contribution in [2.45, 2.75) is 32.4 Å². The number of phenols is 1. The van der Waals surface area contributed by atoms with Crippen molar-refractivity contribution in [1.82, 2.24) is 19.8 Å². The SMILES string of the molecule is C[C@H](CCN1CCOCC1)Oc1nc2c(c(N3CCN(C=CC=O)CC3)n1)CCN(c1cc(O)cc3ccccc13)C2. The number of hydrogen-bond acceptors (Lipinski definition) is 10. The number of aromatic nitrogens is 2. The first-order chi connectivity index (χ1) is 20.6. The third-order valence-electron chi connectivity index (χ3n) is 8.44. The number of fused-ring (bicyclic) bond motifs is 2. The molecule has 2 fully saturated rings. The second-order valence-corrected chi connectivity index (χ2v) is 11.3. The molecule has 10 nitrogen and oxygen atoms in total. The average molecular weight is 573 g/mol. The summed E-state index contributed by atoms with van der Waals surface area (Å²) in [5.74, 6) is 1.22. The zero-order valence-electron chi connectivity index (χ0n) is 24.3. The Balaban J connectivity index is 1.26. The van der Waals surface area contributed by atoms with Gasteiger partial charge < -0.3 is 29.3 Å². The Morgan fingerprint density at radius 2 is 1.83 bits per heavy atom. The van der Waals surface area contributed by atoms with E-state index in [0.717, 1.165) is 113 Å². The van der Waals surface area contributed by atoms with Gasteiger partial charge in [-0.1, -0.05) is 24.3 Å². The molecule has 1 N–H and O–H groups in total. The van der Waals surface area contributed by atoms with Crippen LogP contribution in [0.5, 0.6) is 11.8 Å². The number of aromatic hydroxyl groups is 1. The van der Waals surface area contributed by atoms with Crippen LogP contribution in [0.4, 0.5) is 11.5 Å². The van der Waals surface area contributed by atoms with Crippen LogP contribution < -0.4 is 14.5 Å². The Morgan fingerprint density at radius 1 is 1.02 bits per heavy atom. The number of piperazine rings is 1. The molecule has 0 amide bonds. The fourth-order valence-electron chi connectivity index (χ4n) is 6.11. The zero-order valence-corrected chi connectivity index (χ0v) is 24.3. The van der Waals surface area contributed by atoms with Crippen molar-refractivity contribution in [3.8, 4) is 11.8 Å². The van der Waals surface area contributed by atoms with Gasteiger partial charge in [0.2, 0.25) is 0 Å². The van der Waals surface area contributed by atoms with Gasteiger partial charge in [-0.2, -0.15) is 9.97 Å². The van der Waals surface area contributed by atoms with Crippen LogP contribution in [0.15, 0.2) is 48.7 Å². The van der Waals surface area contributed by atoms with Gasteiger partial charge in [0.25, 0.3) is 0 Å². The van der Waals surface area contributed by atoms with E-state index >= 15 is 0 Å². The molecule has 3 aliphatic heterocycles. The third kappa shape index (κ3) is 6.44. The molecule has 4 heterocycles. The Hall–Kier alpha value is -3.89. The minimum absolute atomic E-state index is 0.0289. The predicted octanol–water partition coefficient (Wildman–Crippen LogP) is 3.22. The van der Waals surface area contributed by atoms with E-state index in [1.807, 2.05) is 36.5 Å². The van der Waals surface area contributed by atoms with Crippen molar-refractivity contribution < 1.29 is 19.4 Å². The summed E-state index contributed by atoms with van der Waals surface area (Å²) in [7, 11) is 0. The minimum atomic E-state index is -0.0289. The highest BCUT2D eigenvalue weighted by atomic mass is 16.5. The number of anilines is 2. The van der Waals surface area contributed by atoms with E-state index in [4.69, 9.17) is 19.4 Å². The first-order valence-electron chi connectivity index (χ1n) is 15.0. The van der Waals surface area contributed by atoms with Crippen LogP contribution in [0.25, 0.3) is 10.8 Å². The van der Waals surface area contributed by atoms with E-state index in [1.165, 1.54) is 5.56 Å². The highest BCUT2D eigenvalue weighted by Gasteiger charge is 2.28. The number of aldehydes is 1. The highest BCUT2D eigenvalue weighted by molar-refractivity contribution is 5.95. The van der Waals surface area contributed by atoms with Gasteiger partial charge in [-0.05, 0) is 37.3 Å². The van der Waals surface area contributed by atoms with Crippen LogP contribution in [0.1, 0.15) is 24.6 Å². The summed E-state index contributed by atoms with van der Waals surface area (Å²) >= 11 is 0. The van der Waals surface area contributed by atoms with Crippen LogP contribution in [-0.2, 0) is 22.5 Å². The van der Waals surface area contributed by atoms with Crippen LogP contribution in [-0.4, -0.2) is 103 Å². The molecule has 42 heavy (non-hydrogen) atoms. The van der Waals surface area contributed by atoms with Crippen LogP contribution in [0, 0.1) is 0 Å². The molecule has 0 bridgehead atoms. The Kier molecular flexibility index (Phi) is 8.71. The summed E-state index contributed by atoms with van der Waals surface area (Å²) in [4.78, 5) is 30.0. The molecule has 222 valence electrons. The maximum absolute atomic E-state index is 10.8. The van der Waals surface area contributed by atoms with E-state index in [9.17, 15) is 9.90 Å². The summed E-state index contributed by atoms with van der Waals surface area (Å²) in [6.07, 6.45) is 5.89. The molecule has 6 rings (SSSR count). The number of phenolic OH excluding ortho intramolecular Hbond substituents is 1. The molecular weight excluding hydrogens is 532 g/mol. The van der Waals surface area contributed by atoms with Crippen LogP contribution in [0.2, 0.25) is 0 Å². The summed E-state index contributed by atoms with van der Waals surface area (Å²) < 4.78 is 11.9. The smallest absolute Gasteiger partial charge is 0.318 e. The maximum Gasteiger partial charge on any atom is 0.318 e. The number of hydrogen-bond donors (Lipinski definition) is 1. The van der Waals surface area contributed by atoms with Gasteiger partial charge in [0, 0.05) is 81.3 Å². The normalized spacial score (nSPS) is 18.8. The van der Waals surface area contributed by atoms with Crippen molar-refractivity contribution in [2.24, 2.45) is 0 Å². The lowest BCUT2D eigenvalue weighted by atomic mass is 10.0. The van der Waals surface area contributed by atoms with E-state index in [2.05, 4.69) is 32.6 Å². The van der Waals surface area contributed by atoms with Crippen molar-refractivity contribution >= 4 is 28.6 Å². The molecule has 0 radical (unpaired) electrons. The number of morpholine rings is 1. The molecule has 1 atom stereocenters. The lowest BCUT2D eigenvalue weighted by Crippen LogP contribution is -2.45. The molecule has 0 spiro atoms. The van der Waals surface area contributed by atoms with Gasteiger partial charge in [0.15, 0.2) is 0 Å². The van der Waals surface area contributed by atoms with Gasteiger partial charge in [-0.25, -0.2) is 0 Å². The third-order valence-corrected chi connectivity index (χ3v) is 8.44. The fraction of sp³-hybridized carbons (Fsp3) is 0.469. The number of carbonyl (C=O) groups excluding carboxylic acids is 1. The van der Waals surface area contributed by atoms with E-state index < -0.39 is 0 Å². The maximum atomic E-state index is 10.8. The van der Waals surface area contributed by atoms with E-state index in [0.29, 0.717) is 12.6 Å². The number of carbonyl (C=O) groups is 1. The lowest BCUT2D eigenvalue weighted by molar-refractivity contribution is -0.104. The lowest BCUT2D eigenvalue weighted by Gasteiger charge is -2.38. The topological polar surface area (TPSA) is 94.5 Å². The largest absolute Gasteiger partial charge is 0.508 e. The summed E-state index contributed by atoms with van der Waals surface area (Å²) in [5, 5.41) is 12.6. The number of rotatable bonds is 9. The van der Waals surface area contributed by atoms with Crippen molar-refractivity contribution in [3.63, 3.8) is 0 Å². The molecule has 2 saturated heterocycles. The molecule has 1 aromatic heterocycles. The zero-order chi connectivity index (χ0) is 28.9. The number of benzene rings is 2. The molecule has 2 aromatic carbocycles. The number of allylic oxidation sites excluding steroid dienone is 1. The Bertz CT molecular complexity index is 1420. The fourth-order valence-corrected chi connectivity index (χ4v) is 6.11. The second kappa shape index (κ2) is 13.0. The van der Waals surface area contributed by atoms with E-state index in [-0.39, 0.29) is 11.9 Å².